The summed E-state index contributed by atoms with van der Waals surface area (Å²) in [6.45, 7) is 8.12. The fraction of sp³-hybridized carbons (Fsp3) is 0.333. The number of aliphatic hydroxyl groups is 1. The zero-order chi connectivity index (χ0) is 29.4. The summed E-state index contributed by atoms with van der Waals surface area (Å²) in [5.74, 6) is 0. The third kappa shape index (κ3) is 6.75. The second kappa shape index (κ2) is 13.9. The highest BCUT2D eigenvalue weighted by Crippen LogP contribution is 2.37. The highest BCUT2D eigenvalue weighted by Gasteiger charge is 2.52. The average molecular weight is 582 g/mol. The van der Waals surface area contributed by atoms with E-state index in [1.54, 1.807) is 0 Å². The standard InChI is InChI=1S/C36H43NO4Si/c1-36(2,3)42(30-20-12-6-13-21-30,31-22-14-7-15-23-31)41-27-33-35(40-26-29-18-10-5-11-19-29)34(32(24-38)37-33)39-25-28-16-8-4-9-17-28/h4-23,32-35,37-38H,24-27H2,1-3H3/t32-,33-,34-,35+/m1/s1. The Morgan fingerprint density at radius 3 is 1.43 bits per heavy atom. The Hall–Kier alpha value is -3.10. The number of hydrogen-bond donors (Lipinski definition) is 2. The molecule has 0 amide bonds. The molecule has 4 aromatic rings. The molecule has 1 saturated heterocycles. The number of rotatable bonds is 12. The summed E-state index contributed by atoms with van der Waals surface area (Å²) in [5.41, 5.74) is 2.18. The molecule has 6 heteroatoms. The van der Waals surface area contributed by atoms with Crippen LogP contribution >= 0.6 is 0 Å². The van der Waals surface area contributed by atoms with E-state index >= 15 is 0 Å². The van der Waals surface area contributed by atoms with Gasteiger partial charge in [-0.25, -0.2) is 0 Å². The second-order valence-electron chi connectivity index (χ2n) is 12.1. The van der Waals surface area contributed by atoms with Gasteiger partial charge in [-0.05, 0) is 26.5 Å². The lowest BCUT2D eigenvalue weighted by Gasteiger charge is -2.43. The van der Waals surface area contributed by atoms with Gasteiger partial charge in [-0.3, -0.25) is 0 Å². The van der Waals surface area contributed by atoms with Crippen LogP contribution in [0.2, 0.25) is 5.04 Å². The van der Waals surface area contributed by atoms with E-state index < -0.39 is 8.32 Å². The molecular weight excluding hydrogens is 538 g/mol. The van der Waals surface area contributed by atoms with Crippen LogP contribution in [0.4, 0.5) is 0 Å². The predicted octanol–water partition coefficient (Wildman–Crippen LogP) is 5.07. The molecule has 1 heterocycles. The lowest BCUT2D eigenvalue weighted by molar-refractivity contribution is -0.0851. The molecule has 220 valence electrons. The smallest absolute Gasteiger partial charge is 0.261 e. The van der Waals surface area contributed by atoms with Crippen LogP contribution < -0.4 is 15.7 Å². The Morgan fingerprint density at radius 1 is 0.619 bits per heavy atom. The van der Waals surface area contributed by atoms with Gasteiger partial charge in [0.1, 0.15) is 12.2 Å². The summed E-state index contributed by atoms with van der Waals surface area (Å²) in [7, 11) is -2.76. The molecule has 0 radical (unpaired) electrons. The first-order valence-electron chi connectivity index (χ1n) is 14.9. The van der Waals surface area contributed by atoms with Crippen LogP contribution in [0.5, 0.6) is 0 Å². The Labute approximate surface area is 251 Å². The molecule has 0 bridgehead atoms. The number of nitrogens with one attached hydrogen (secondary N) is 1. The highest BCUT2D eigenvalue weighted by atomic mass is 28.4. The van der Waals surface area contributed by atoms with E-state index in [0.717, 1.165) is 11.1 Å². The number of hydrogen-bond acceptors (Lipinski definition) is 5. The summed E-state index contributed by atoms with van der Waals surface area (Å²) in [5, 5.41) is 16.4. The zero-order valence-electron chi connectivity index (χ0n) is 24.9. The maximum atomic E-state index is 10.4. The van der Waals surface area contributed by atoms with Gasteiger partial charge in [-0.2, -0.15) is 0 Å². The SMILES string of the molecule is CC(C)(C)[Si](OC[C@H]1N[C@H](CO)[C@@H](OCc2ccccc2)[C@H]1OCc1ccccc1)(c1ccccc1)c1ccccc1. The van der Waals surface area contributed by atoms with Gasteiger partial charge in [-0.15, -0.1) is 0 Å². The fourth-order valence-corrected chi connectivity index (χ4v) is 10.7. The minimum absolute atomic E-state index is 0.0552. The van der Waals surface area contributed by atoms with Crippen LogP contribution in [0.3, 0.4) is 0 Å². The van der Waals surface area contributed by atoms with E-state index in [0.29, 0.717) is 19.8 Å². The van der Waals surface area contributed by atoms with Crippen LogP contribution in [0.1, 0.15) is 31.9 Å². The van der Waals surface area contributed by atoms with Gasteiger partial charge in [0.2, 0.25) is 0 Å². The van der Waals surface area contributed by atoms with Gasteiger partial charge in [0, 0.05) is 0 Å². The van der Waals surface area contributed by atoms with E-state index in [2.05, 4.69) is 111 Å². The average Bonchev–Trinajstić information content (AvgIpc) is 3.37. The van der Waals surface area contributed by atoms with Crippen LogP contribution in [-0.4, -0.2) is 50.9 Å². The van der Waals surface area contributed by atoms with Crippen LogP contribution in [-0.2, 0) is 27.1 Å². The normalized spacial score (nSPS) is 21.0. The molecule has 4 atom stereocenters. The zero-order valence-corrected chi connectivity index (χ0v) is 25.9. The Morgan fingerprint density at radius 2 is 1.02 bits per heavy atom. The molecule has 5 rings (SSSR count). The third-order valence-corrected chi connectivity index (χ3v) is 13.2. The van der Waals surface area contributed by atoms with Crippen molar-refractivity contribution in [1.82, 2.24) is 5.32 Å². The van der Waals surface area contributed by atoms with Crippen molar-refractivity contribution in [3.63, 3.8) is 0 Å². The molecule has 1 aliphatic rings. The van der Waals surface area contributed by atoms with Gasteiger partial charge in [0.05, 0.1) is 38.5 Å². The quantitative estimate of drug-likeness (QED) is 0.229. The Bertz CT molecular complexity index is 1310. The van der Waals surface area contributed by atoms with E-state index in [9.17, 15) is 5.11 Å². The number of ether oxygens (including phenoxy) is 2. The first-order valence-corrected chi connectivity index (χ1v) is 16.8. The minimum Gasteiger partial charge on any atom is -0.406 e. The first kappa shape index (κ1) is 30.4. The summed E-state index contributed by atoms with van der Waals surface area (Å²) in [4.78, 5) is 0. The van der Waals surface area contributed by atoms with Crippen molar-refractivity contribution in [1.29, 1.82) is 0 Å². The van der Waals surface area contributed by atoms with E-state index in [-0.39, 0.29) is 35.9 Å². The molecule has 5 nitrogen and oxygen atoms in total. The third-order valence-electron chi connectivity index (χ3n) is 8.21. The molecule has 0 unspecified atom stereocenters. The monoisotopic (exact) mass is 581 g/mol. The molecule has 1 fully saturated rings. The van der Waals surface area contributed by atoms with Gasteiger partial charge in [0.25, 0.3) is 8.32 Å². The van der Waals surface area contributed by atoms with Crippen molar-refractivity contribution < 1.29 is 19.0 Å². The van der Waals surface area contributed by atoms with Gasteiger partial charge >= 0.3 is 0 Å². The maximum absolute atomic E-state index is 10.4. The van der Waals surface area contributed by atoms with Crippen molar-refractivity contribution in [2.24, 2.45) is 0 Å². The van der Waals surface area contributed by atoms with Crippen molar-refractivity contribution in [2.45, 2.75) is 63.3 Å². The van der Waals surface area contributed by atoms with Crippen molar-refractivity contribution in [2.75, 3.05) is 13.2 Å². The van der Waals surface area contributed by atoms with Crippen molar-refractivity contribution in [3.05, 3.63) is 132 Å². The van der Waals surface area contributed by atoms with Crippen LogP contribution in [0, 0.1) is 0 Å². The molecule has 0 spiro atoms. The summed E-state index contributed by atoms with van der Waals surface area (Å²) < 4.78 is 20.4. The summed E-state index contributed by atoms with van der Waals surface area (Å²) >= 11 is 0. The van der Waals surface area contributed by atoms with Crippen LogP contribution in [0.15, 0.2) is 121 Å². The lowest BCUT2D eigenvalue weighted by Crippen LogP contribution is -2.67. The van der Waals surface area contributed by atoms with Gasteiger partial charge < -0.3 is 24.3 Å². The Balaban J connectivity index is 1.45. The topological polar surface area (TPSA) is 60.0 Å². The molecule has 0 aromatic heterocycles. The molecular formula is C36H43NO4Si. The molecule has 2 N–H and O–H groups in total. The minimum atomic E-state index is -2.76. The van der Waals surface area contributed by atoms with E-state index in [1.807, 2.05) is 36.4 Å². The van der Waals surface area contributed by atoms with Crippen molar-refractivity contribution >= 4 is 18.7 Å². The van der Waals surface area contributed by atoms with E-state index in [1.165, 1.54) is 10.4 Å². The molecule has 42 heavy (non-hydrogen) atoms. The summed E-state index contributed by atoms with van der Waals surface area (Å²) in [6.07, 6.45) is -0.657. The molecule has 0 aliphatic carbocycles. The van der Waals surface area contributed by atoms with Crippen LogP contribution in [0.25, 0.3) is 0 Å². The highest BCUT2D eigenvalue weighted by molar-refractivity contribution is 6.99. The van der Waals surface area contributed by atoms with E-state index in [4.69, 9.17) is 13.9 Å². The maximum Gasteiger partial charge on any atom is 0.261 e. The number of aliphatic hydroxyl groups excluding tert-OH is 1. The fourth-order valence-electron chi connectivity index (χ4n) is 6.15. The predicted molar refractivity (Wildman–Crippen MR) is 171 cm³/mol. The second-order valence-corrected chi connectivity index (χ2v) is 16.4. The van der Waals surface area contributed by atoms with Gasteiger partial charge in [-0.1, -0.05) is 142 Å². The molecule has 0 saturated carbocycles. The van der Waals surface area contributed by atoms with Gasteiger partial charge in [0.15, 0.2) is 0 Å². The lowest BCUT2D eigenvalue weighted by atomic mass is 10.1. The van der Waals surface area contributed by atoms with Crippen molar-refractivity contribution in [3.8, 4) is 0 Å². The summed E-state index contributed by atoms with van der Waals surface area (Å²) in [6, 6.07) is 41.2. The molecule has 1 aliphatic heterocycles. The largest absolute Gasteiger partial charge is 0.406 e. The first-order chi connectivity index (χ1) is 20.4. The Kier molecular flexibility index (Phi) is 10.1. The molecule has 4 aromatic carbocycles. The number of benzene rings is 4.